The summed E-state index contributed by atoms with van der Waals surface area (Å²) in [5.74, 6) is 0.137. The maximum absolute atomic E-state index is 13.2. The summed E-state index contributed by atoms with van der Waals surface area (Å²) >= 11 is 6.44. The summed E-state index contributed by atoms with van der Waals surface area (Å²) in [7, 11) is 1.61. The summed E-state index contributed by atoms with van der Waals surface area (Å²) < 4.78 is 6.79. The normalized spacial score (nSPS) is 11.3. The molecule has 2 N–H and O–H groups in total. The minimum absolute atomic E-state index is 0.140. The molecule has 3 rings (SSSR count). The molecule has 0 radical (unpaired) electrons. The number of halogens is 1. The molecule has 37 heavy (non-hydrogen) atoms. The average Bonchev–Trinajstić information content (AvgIpc) is 3.25. The van der Waals surface area contributed by atoms with Gasteiger partial charge >= 0.3 is 6.03 Å². The molecule has 0 bridgehead atoms. The first kappa shape index (κ1) is 28.2. The number of hydrogen-bond acceptors (Lipinski definition) is 4. The van der Waals surface area contributed by atoms with Crippen LogP contribution in [0.5, 0.6) is 0 Å². The van der Waals surface area contributed by atoms with E-state index in [0.29, 0.717) is 36.1 Å². The largest absolute Gasteiger partial charge is 0.385 e. The first-order valence-corrected chi connectivity index (χ1v) is 12.7. The summed E-state index contributed by atoms with van der Waals surface area (Å²) in [6, 6.07) is 14.6. The highest BCUT2D eigenvalue weighted by Crippen LogP contribution is 2.29. The number of para-hydroxylation sites is 2. The van der Waals surface area contributed by atoms with Gasteiger partial charge in [0.15, 0.2) is 0 Å². The number of rotatable bonds is 9. The molecule has 0 aliphatic rings. The molecule has 2 aromatic carbocycles. The van der Waals surface area contributed by atoms with Gasteiger partial charge in [-0.25, -0.2) is 9.48 Å². The van der Waals surface area contributed by atoms with Crippen LogP contribution in [0, 0.1) is 13.8 Å². The third-order valence-electron chi connectivity index (χ3n) is 5.94. The summed E-state index contributed by atoms with van der Waals surface area (Å²) in [6.07, 6.45) is 0.593. The zero-order valence-corrected chi connectivity index (χ0v) is 23.1. The number of benzene rings is 2. The van der Waals surface area contributed by atoms with Gasteiger partial charge in [0.2, 0.25) is 5.91 Å². The van der Waals surface area contributed by atoms with Crippen molar-refractivity contribution in [3.8, 4) is 5.69 Å². The van der Waals surface area contributed by atoms with E-state index in [-0.39, 0.29) is 23.9 Å². The van der Waals surface area contributed by atoms with Crippen molar-refractivity contribution < 1.29 is 14.3 Å². The number of carbonyl (C=O) groups is 2. The van der Waals surface area contributed by atoms with Gasteiger partial charge in [0.1, 0.15) is 12.4 Å². The average molecular weight is 526 g/mol. The molecule has 0 atom stereocenters. The van der Waals surface area contributed by atoms with E-state index in [4.69, 9.17) is 21.4 Å². The maximum Gasteiger partial charge on any atom is 0.322 e. The topological polar surface area (TPSA) is 88.5 Å². The molecule has 0 unspecified atom stereocenters. The van der Waals surface area contributed by atoms with E-state index >= 15 is 0 Å². The molecule has 3 amide bonds. The van der Waals surface area contributed by atoms with Crippen LogP contribution in [0.2, 0.25) is 5.02 Å². The van der Waals surface area contributed by atoms with Crippen molar-refractivity contribution in [2.75, 3.05) is 37.4 Å². The van der Waals surface area contributed by atoms with Crippen LogP contribution in [0.1, 0.15) is 44.0 Å². The van der Waals surface area contributed by atoms with Crippen LogP contribution in [0.15, 0.2) is 48.5 Å². The van der Waals surface area contributed by atoms with Crippen molar-refractivity contribution in [2.24, 2.45) is 0 Å². The van der Waals surface area contributed by atoms with E-state index in [1.807, 2.05) is 77.1 Å². The number of nitrogens with one attached hydrogen (secondary N) is 2. The number of carbonyl (C=O) groups excluding carboxylic acids is 2. The third kappa shape index (κ3) is 7.33. The van der Waals surface area contributed by atoms with Crippen LogP contribution in [0.4, 0.5) is 16.3 Å². The Labute approximate surface area is 223 Å². The van der Waals surface area contributed by atoms with Gasteiger partial charge in [0.05, 0.1) is 16.4 Å². The molecule has 9 heteroatoms. The van der Waals surface area contributed by atoms with Gasteiger partial charge in [-0.05, 0) is 43.5 Å². The fraction of sp³-hybridized carbons (Fsp3) is 0.393. The van der Waals surface area contributed by atoms with E-state index in [9.17, 15) is 9.59 Å². The summed E-state index contributed by atoms with van der Waals surface area (Å²) in [5.41, 5.74) is 3.85. The minimum Gasteiger partial charge on any atom is -0.385 e. The second kappa shape index (κ2) is 12.3. The first-order valence-electron chi connectivity index (χ1n) is 12.3. The summed E-state index contributed by atoms with van der Waals surface area (Å²) in [6.45, 7) is 10.7. The Morgan fingerprint density at radius 3 is 2.35 bits per heavy atom. The Morgan fingerprint density at radius 1 is 1.05 bits per heavy atom. The fourth-order valence-corrected chi connectivity index (χ4v) is 4.07. The lowest BCUT2D eigenvalue weighted by molar-refractivity contribution is -0.116. The number of anilines is 2. The lowest BCUT2D eigenvalue weighted by Crippen LogP contribution is -2.41. The van der Waals surface area contributed by atoms with Gasteiger partial charge in [-0.15, -0.1) is 0 Å². The minimum atomic E-state index is -0.348. The maximum atomic E-state index is 13.2. The van der Waals surface area contributed by atoms with Crippen LogP contribution in [0.25, 0.3) is 5.69 Å². The highest BCUT2D eigenvalue weighted by Gasteiger charge is 2.24. The zero-order valence-electron chi connectivity index (χ0n) is 22.4. The van der Waals surface area contributed by atoms with E-state index in [0.717, 1.165) is 22.5 Å². The Balaban J connectivity index is 1.84. The summed E-state index contributed by atoms with van der Waals surface area (Å²) in [4.78, 5) is 27.9. The molecule has 8 nitrogen and oxygen atoms in total. The van der Waals surface area contributed by atoms with Gasteiger partial charge in [-0.2, -0.15) is 5.10 Å². The molecule has 1 heterocycles. The van der Waals surface area contributed by atoms with E-state index in [1.54, 1.807) is 17.9 Å². The third-order valence-corrected chi connectivity index (χ3v) is 6.26. The number of amides is 3. The van der Waals surface area contributed by atoms with E-state index in [1.165, 1.54) is 4.90 Å². The van der Waals surface area contributed by atoms with Crippen molar-refractivity contribution >= 4 is 35.0 Å². The molecule has 0 spiro atoms. The van der Waals surface area contributed by atoms with Crippen LogP contribution >= 0.6 is 11.6 Å². The SMILES string of the molecule is COCCCN(CC(=O)Nc1cc(C(C)(C)C)nn1-c1ccccc1Cl)C(=O)Nc1c(C)cccc1C. The molecule has 0 fully saturated rings. The number of hydrogen-bond donors (Lipinski definition) is 2. The Kier molecular flexibility index (Phi) is 9.34. The Morgan fingerprint density at radius 2 is 1.73 bits per heavy atom. The van der Waals surface area contributed by atoms with Crippen LogP contribution in [-0.4, -0.2) is 53.4 Å². The highest BCUT2D eigenvalue weighted by molar-refractivity contribution is 6.32. The van der Waals surface area contributed by atoms with Crippen molar-refractivity contribution in [3.63, 3.8) is 0 Å². The summed E-state index contributed by atoms with van der Waals surface area (Å²) in [5, 5.41) is 11.1. The smallest absolute Gasteiger partial charge is 0.322 e. The van der Waals surface area contributed by atoms with Gasteiger partial charge in [-0.1, -0.05) is 62.7 Å². The number of aromatic nitrogens is 2. The zero-order chi connectivity index (χ0) is 27.2. The Hall–Kier alpha value is -3.36. The van der Waals surface area contributed by atoms with E-state index in [2.05, 4.69) is 10.6 Å². The quantitative estimate of drug-likeness (QED) is 0.338. The number of aryl methyl sites for hydroxylation is 2. The van der Waals surface area contributed by atoms with Crippen molar-refractivity contribution in [1.82, 2.24) is 14.7 Å². The molecule has 198 valence electrons. The second-order valence-corrected chi connectivity index (χ2v) is 10.4. The fourth-order valence-electron chi connectivity index (χ4n) is 3.85. The van der Waals surface area contributed by atoms with E-state index < -0.39 is 0 Å². The van der Waals surface area contributed by atoms with Crippen molar-refractivity contribution in [2.45, 2.75) is 46.5 Å². The standard InChI is InChI=1S/C28H36ClN5O3/c1-19-11-9-12-20(2)26(19)31-27(36)33(15-10-16-37-6)18-25(35)30-24-17-23(28(3,4)5)32-34(24)22-14-8-7-13-21(22)29/h7-9,11-14,17H,10,15-16,18H2,1-6H3,(H,30,35)(H,31,36). The van der Waals surface area contributed by atoms with Gasteiger partial charge in [-0.3, -0.25) is 4.79 Å². The lowest BCUT2D eigenvalue weighted by atomic mass is 9.92. The Bertz CT molecular complexity index is 1230. The first-order chi connectivity index (χ1) is 17.5. The molecule has 0 saturated carbocycles. The van der Waals surface area contributed by atoms with Gasteiger partial charge < -0.3 is 20.3 Å². The second-order valence-electron chi connectivity index (χ2n) is 10.0. The monoisotopic (exact) mass is 525 g/mol. The molecule has 3 aromatic rings. The molecular formula is C28H36ClN5O3. The molecule has 0 saturated heterocycles. The highest BCUT2D eigenvalue weighted by atomic mass is 35.5. The number of nitrogens with zero attached hydrogens (tertiary/aromatic N) is 3. The number of ether oxygens (including phenoxy) is 1. The van der Waals surface area contributed by atoms with Gasteiger partial charge in [0, 0.05) is 37.4 Å². The van der Waals surface area contributed by atoms with Crippen molar-refractivity contribution in [1.29, 1.82) is 0 Å². The van der Waals surface area contributed by atoms with Crippen molar-refractivity contribution in [3.05, 3.63) is 70.4 Å². The van der Waals surface area contributed by atoms with Crippen LogP contribution in [-0.2, 0) is 14.9 Å². The predicted octanol–water partition coefficient (Wildman–Crippen LogP) is 5.95. The van der Waals surface area contributed by atoms with Crippen LogP contribution in [0.3, 0.4) is 0 Å². The molecule has 0 aliphatic heterocycles. The molecule has 0 aliphatic carbocycles. The lowest BCUT2D eigenvalue weighted by Gasteiger charge is -2.24. The molecular weight excluding hydrogens is 490 g/mol. The van der Waals surface area contributed by atoms with Gasteiger partial charge in [0.25, 0.3) is 0 Å². The molecule has 1 aromatic heterocycles. The predicted molar refractivity (Wildman–Crippen MR) is 149 cm³/mol. The number of urea groups is 1. The number of methoxy groups -OCH3 is 1. The van der Waals surface area contributed by atoms with Crippen LogP contribution < -0.4 is 10.6 Å².